The largest absolute Gasteiger partial charge is 0.496 e. The molecule has 8 nitrogen and oxygen atoms in total. The van der Waals surface area contributed by atoms with Gasteiger partial charge >= 0.3 is 6.03 Å². The highest BCUT2D eigenvalue weighted by Crippen LogP contribution is 2.29. The highest BCUT2D eigenvalue weighted by Gasteiger charge is 2.37. The lowest BCUT2D eigenvalue weighted by atomic mass is 10.1. The molecule has 4 amide bonds. The number of urea groups is 1. The fraction of sp³-hybridized carbons (Fsp3) is 0.292. The van der Waals surface area contributed by atoms with Gasteiger partial charge in [0.2, 0.25) is 0 Å². The zero-order valence-electron chi connectivity index (χ0n) is 18.7. The van der Waals surface area contributed by atoms with Crippen molar-refractivity contribution in [2.45, 2.75) is 20.8 Å². The molecule has 1 aliphatic rings. The minimum Gasteiger partial charge on any atom is -0.496 e. The van der Waals surface area contributed by atoms with E-state index < -0.39 is 17.8 Å². The van der Waals surface area contributed by atoms with Crippen LogP contribution in [0.15, 0.2) is 48.0 Å². The number of carbonyl (C=O) groups is 3. The Balaban J connectivity index is 1.97. The summed E-state index contributed by atoms with van der Waals surface area (Å²) in [5, 5.41) is 2.23. The van der Waals surface area contributed by atoms with Gasteiger partial charge in [-0.25, -0.2) is 9.69 Å². The molecule has 0 aliphatic carbocycles. The van der Waals surface area contributed by atoms with Crippen molar-refractivity contribution in [1.29, 1.82) is 0 Å². The molecule has 1 fully saturated rings. The van der Waals surface area contributed by atoms with Gasteiger partial charge in [0.25, 0.3) is 11.8 Å². The number of imide groups is 2. The van der Waals surface area contributed by atoms with Gasteiger partial charge in [-0.2, -0.15) is 0 Å². The van der Waals surface area contributed by atoms with Gasteiger partial charge < -0.3 is 14.4 Å². The third kappa shape index (κ3) is 4.59. The number of anilines is 2. The summed E-state index contributed by atoms with van der Waals surface area (Å²) < 4.78 is 10.9. The summed E-state index contributed by atoms with van der Waals surface area (Å²) in [5.74, 6) is -0.326. The van der Waals surface area contributed by atoms with E-state index in [1.165, 1.54) is 13.2 Å². The van der Waals surface area contributed by atoms with Crippen LogP contribution in [0.25, 0.3) is 6.08 Å². The molecule has 1 saturated heterocycles. The maximum atomic E-state index is 13.1. The van der Waals surface area contributed by atoms with Crippen LogP contribution in [0.3, 0.4) is 0 Å². The molecule has 0 bridgehead atoms. The van der Waals surface area contributed by atoms with Crippen molar-refractivity contribution >= 4 is 35.3 Å². The normalized spacial score (nSPS) is 15.1. The second kappa shape index (κ2) is 10.00. The van der Waals surface area contributed by atoms with Gasteiger partial charge in [0.05, 0.1) is 19.4 Å². The lowest BCUT2D eigenvalue weighted by Gasteiger charge is -2.26. The third-order valence-corrected chi connectivity index (χ3v) is 5.15. The molecule has 1 N–H and O–H groups in total. The van der Waals surface area contributed by atoms with Gasteiger partial charge in [-0.05, 0) is 63.2 Å². The molecule has 0 atom stereocenters. The van der Waals surface area contributed by atoms with Crippen molar-refractivity contribution in [2.24, 2.45) is 0 Å². The van der Waals surface area contributed by atoms with E-state index in [2.05, 4.69) is 24.1 Å². The summed E-state index contributed by atoms with van der Waals surface area (Å²) in [6.45, 7) is 8.15. The van der Waals surface area contributed by atoms with Crippen LogP contribution < -0.4 is 24.6 Å². The van der Waals surface area contributed by atoms with Crippen LogP contribution in [0.2, 0.25) is 0 Å². The molecule has 0 spiro atoms. The quantitative estimate of drug-likeness (QED) is 0.501. The maximum Gasteiger partial charge on any atom is 0.335 e. The Morgan fingerprint density at radius 3 is 2.28 bits per heavy atom. The summed E-state index contributed by atoms with van der Waals surface area (Å²) in [6.07, 6.45) is 1.44. The molecule has 0 radical (unpaired) electrons. The Labute approximate surface area is 187 Å². The fourth-order valence-electron chi connectivity index (χ4n) is 3.51. The zero-order valence-corrected chi connectivity index (χ0v) is 18.7. The van der Waals surface area contributed by atoms with E-state index in [-0.39, 0.29) is 5.57 Å². The van der Waals surface area contributed by atoms with E-state index >= 15 is 0 Å². The standard InChI is InChI=1S/C24H27N3O5/c1-5-26(6-2)18-9-8-16(21(15-18)31-4)14-20-22(28)25-24(30)27(23(20)29)17-10-12-19(13-11-17)32-7-3/h8-15H,5-7H2,1-4H3,(H,25,28,30)/b20-14-. The molecular weight excluding hydrogens is 410 g/mol. The Morgan fingerprint density at radius 2 is 1.69 bits per heavy atom. The first-order chi connectivity index (χ1) is 15.4. The molecule has 0 aromatic heterocycles. The van der Waals surface area contributed by atoms with Crippen molar-refractivity contribution in [3.8, 4) is 11.5 Å². The first-order valence-corrected chi connectivity index (χ1v) is 10.5. The van der Waals surface area contributed by atoms with Crippen LogP contribution in [0.5, 0.6) is 11.5 Å². The van der Waals surface area contributed by atoms with E-state index in [0.717, 1.165) is 23.7 Å². The molecular formula is C24H27N3O5. The third-order valence-electron chi connectivity index (χ3n) is 5.15. The number of rotatable bonds is 8. The molecule has 0 unspecified atom stereocenters. The van der Waals surface area contributed by atoms with E-state index in [9.17, 15) is 14.4 Å². The summed E-state index contributed by atoms with van der Waals surface area (Å²) >= 11 is 0. The highest BCUT2D eigenvalue weighted by molar-refractivity contribution is 6.39. The molecule has 2 aromatic rings. The molecule has 0 saturated carbocycles. The SMILES string of the molecule is CCOc1ccc(N2C(=O)NC(=O)/C(=C/c3ccc(N(CC)CC)cc3OC)C2=O)cc1. The van der Waals surface area contributed by atoms with Gasteiger partial charge in [-0.3, -0.25) is 14.9 Å². The number of benzene rings is 2. The predicted octanol–water partition coefficient (Wildman–Crippen LogP) is 3.61. The first-order valence-electron chi connectivity index (χ1n) is 10.5. The van der Waals surface area contributed by atoms with Crippen molar-refractivity contribution in [1.82, 2.24) is 5.32 Å². The molecule has 8 heteroatoms. The lowest BCUT2D eigenvalue weighted by Crippen LogP contribution is -2.54. The average Bonchev–Trinajstić information content (AvgIpc) is 2.79. The Hall–Kier alpha value is -3.81. The number of barbiturate groups is 1. The lowest BCUT2D eigenvalue weighted by molar-refractivity contribution is -0.122. The second-order valence-electron chi connectivity index (χ2n) is 6.98. The first kappa shape index (κ1) is 22.9. The van der Waals surface area contributed by atoms with Crippen molar-refractivity contribution < 1.29 is 23.9 Å². The number of nitrogens with zero attached hydrogens (tertiary/aromatic N) is 2. The molecule has 1 heterocycles. The summed E-state index contributed by atoms with van der Waals surface area (Å²) in [6, 6.07) is 11.3. The monoisotopic (exact) mass is 437 g/mol. The molecule has 3 rings (SSSR count). The molecule has 1 aliphatic heterocycles. The van der Waals surface area contributed by atoms with Crippen LogP contribution >= 0.6 is 0 Å². The minimum atomic E-state index is -0.801. The van der Waals surface area contributed by atoms with Gasteiger partial charge in [-0.15, -0.1) is 0 Å². The van der Waals surface area contributed by atoms with E-state index in [4.69, 9.17) is 9.47 Å². The number of ether oxygens (including phenoxy) is 2. The van der Waals surface area contributed by atoms with Crippen molar-refractivity contribution in [2.75, 3.05) is 36.6 Å². The minimum absolute atomic E-state index is 0.160. The fourth-order valence-corrected chi connectivity index (χ4v) is 3.51. The van der Waals surface area contributed by atoms with E-state index in [1.54, 1.807) is 30.3 Å². The van der Waals surface area contributed by atoms with Gasteiger partial charge in [0, 0.05) is 30.4 Å². The second-order valence-corrected chi connectivity index (χ2v) is 6.98. The summed E-state index contributed by atoms with van der Waals surface area (Å²) in [5.41, 5.74) is 1.70. The van der Waals surface area contributed by atoms with Crippen LogP contribution in [0.1, 0.15) is 26.3 Å². The number of hydrogen-bond acceptors (Lipinski definition) is 6. The van der Waals surface area contributed by atoms with Gasteiger partial charge in [0.15, 0.2) is 0 Å². The van der Waals surface area contributed by atoms with Crippen LogP contribution in [-0.4, -0.2) is 44.7 Å². The number of hydrogen-bond donors (Lipinski definition) is 1. The smallest absolute Gasteiger partial charge is 0.335 e. The van der Waals surface area contributed by atoms with Crippen LogP contribution in [-0.2, 0) is 9.59 Å². The highest BCUT2D eigenvalue weighted by atomic mass is 16.5. The Morgan fingerprint density at radius 1 is 1.00 bits per heavy atom. The Bertz CT molecular complexity index is 1040. The number of nitrogens with one attached hydrogen (secondary N) is 1. The summed E-state index contributed by atoms with van der Waals surface area (Å²) in [4.78, 5) is 41.1. The number of methoxy groups -OCH3 is 1. The van der Waals surface area contributed by atoms with Crippen molar-refractivity contribution in [3.05, 3.63) is 53.6 Å². The zero-order chi connectivity index (χ0) is 23.3. The molecule has 2 aromatic carbocycles. The van der Waals surface area contributed by atoms with Gasteiger partial charge in [-0.1, -0.05) is 0 Å². The maximum absolute atomic E-state index is 13.1. The summed E-state index contributed by atoms with van der Waals surface area (Å²) in [7, 11) is 1.53. The van der Waals surface area contributed by atoms with E-state index in [1.807, 2.05) is 19.1 Å². The van der Waals surface area contributed by atoms with E-state index in [0.29, 0.717) is 29.4 Å². The number of amides is 4. The molecule has 32 heavy (non-hydrogen) atoms. The molecule has 168 valence electrons. The number of carbonyl (C=O) groups excluding carboxylic acids is 3. The van der Waals surface area contributed by atoms with Gasteiger partial charge in [0.1, 0.15) is 17.1 Å². The van der Waals surface area contributed by atoms with Crippen LogP contribution in [0.4, 0.5) is 16.2 Å². The Kier molecular flexibility index (Phi) is 7.14. The van der Waals surface area contributed by atoms with Crippen LogP contribution in [0, 0.1) is 0 Å². The van der Waals surface area contributed by atoms with Crippen molar-refractivity contribution in [3.63, 3.8) is 0 Å². The average molecular weight is 437 g/mol. The topological polar surface area (TPSA) is 88.2 Å². The predicted molar refractivity (Wildman–Crippen MR) is 123 cm³/mol.